The number of nitrogens with zero attached hydrogens (tertiary/aromatic N) is 1. The smallest absolute Gasteiger partial charge is 0.0673 e. The Labute approximate surface area is 98.1 Å². The van der Waals surface area contributed by atoms with Gasteiger partial charge in [0.1, 0.15) is 0 Å². The van der Waals surface area contributed by atoms with E-state index in [0.717, 1.165) is 52.3 Å². The highest BCUT2D eigenvalue weighted by atomic mass is 16.5. The minimum absolute atomic E-state index is 0.257. The zero-order valence-corrected chi connectivity index (χ0v) is 10.2. The Morgan fingerprint density at radius 3 is 3.06 bits per heavy atom. The van der Waals surface area contributed by atoms with Crippen molar-refractivity contribution in [2.24, 2.45) is 11.7 Å². The van der Waals surface area contributed by atoms with E-state index in [1.807, 2.05) is 0 Å². The van der Waals surface area contributed by atoms with Gasteiger partial charge in [0.2, 0.25) is 0 Å². The number of nitrogens with two attached hydrogens (primary N) is 1. The summed E-state index contributed by atoms with van der Waals surface area (Å²) in [7, 11) is 0. The molecule has 2 fully saturated rings. The molecule has 3 unspecified atom stereocenters. The Hall–Kier alpha value is -0.160. The van der Waals surface area contributed by atoms with E-state index in [-0.39, 0.29) is 6.04 Å². The molecule has 2 rings (SSSR count). The van der Waals surface area contributed by atoms with Gasteiger partial charge in [0, 0.05) is 44.8 Å². The largest absolute Gasteiger partial charge is 0.381 e. The second-order valence-electron chi connectivity index (χ2n) is 5.08. The Bertz CT molecular complexity index is 207. The van der Waals surface area contributed by atoms with Crippen LogP contribution in [0, 0.1) is 5.92 Å². The third kappa shape index (κ3) is 3.42. The van der Waals surface area contributed by atoms with Gasteiger partial charge in [-0.05, 0) is 19.8 Å². The molecule has 94 valence electrons. The summed E-state index contributed by atoms with van der Waals surface area (Å²) in [6.45, 7) is 7.88. The van der Waals surface area contributed by atoms with Crippen molar-refractivity contribution in [3.63, 3.8) is 0 Å². The first-order valence-electron chi connectivity index (χ1n) is 6.43. The molecule has 0 saturated carbocycles. The van der Waals surface area contributed by atoms with Crippen LogP contribution in [0.15, 0.2) is 0 Å². The van der Waals surface area contributed by atoms with Crippen LogP contribution in [0.1, 0.15) is 19.8 Å². The Balaban J connectivity index is 1.78. The van der Waals surface area contributed by atoms with Gasteiger partial charge >= 0.3 is 0 Å². The van der Waals surface area contributed by atoms with E-state index in [2.05, 4.69) is 11.8 Å². The average Bonchev–Trinajstić information content (AvgIpc) is 2.70. The van der Waals surface area contributed by atoms with Gasteiger partial charge in [0.05, 0.1) is 12.7 Å². The first-order valence-corrected chi connectivity index (χ1v) is 6.43. The SMILES string of the molecule is CC1CN(CC(N)C2CCOC2)CCCO1. The molecule has 0 radical (unpaired) electrons. The normalized spacial score (nSPS) is 34.9. The Morgan fingerprint density at radius 1 is 1.44 bits per heavy atom. The van der Waals surface area contributed by atoms with Crippen molar-refractivity contribution < 1.29 is 9.47 Å². The maximum absolute atomic E-state index is 6.24. The molecule has 0 amide bonds. The second-order valence-corrected chi connectivity index (χ2v) is 5.08. The van der Waals surface area contributed by atoms with Crippen LogP contribution in [0.3, 0.4) is 0 Å². The van der Waals surface area contributed by atoms with E-state index in [0.29, 0.717) is 12.0 Å². The molecule has 0 aliphatic carbocycles. The topological polar surface area (TPSA) is 47.7 Å². The summed E-state index contributed by atoms with van der Waals surface area (Å²) in [6.07, 6.45) is 2.59. The Kier molecular flexibility index (Phi) is 4.58. The van der Waals surface area contributed by atoms with Gasteiger partial charge in [-0.1, -0.05) is 0 Å². The lowest BCUT2D eigenvalue weighted by atomic mass is 9.99. The maximum Gasteiger partial charge on any atom is 0.0673 e. The first-order chi connectivity index (χ1) is 7.75. The van der Waals surface area contributed by atoms with Crippen LogP contribution in [-0.4, -0.2) is 56.5 Å². The van der Waals surface area contributed by atoms with E-state index in [9.17, 15) is 0 Å². The van der Waals surface area contributed by atoms with Crippen LogP contribution in [-0.2, 0) is 9.47 Å². The molecule has 2 aliphatic rings. The lowest BCUT2D eigenvalue weighted by Crippen LogP contribution is -2.44. The monoisotopic (exact) mass is 228 g/mol. The summed E-state index contributed by atoms with van der Waals surface area (Å²) in [5.41, 5.74) is 6.24. The molecule has 0 spiro atoms. The minimum atomic E-state index is 0.257. The zero-order chi connectivity index (χ0) is 11.4. The van der Waals surface area contributed by atoms with Gasteiger partial charge < -0.3 is 15.2 Å². The lowest BCUT2D eigenvalue weighted by Gasteiger charge is -2.27. The highest BCUT2D eigenvalue weighted by molar-refractivity contribution is 4.80. The number of ether oxygens (including phenoxy) is 2. The van der Waals surface area contributed by atoms with Gasteiger partial charge in [-0.25, -0.2) is 0 Å². The van der Waals surface area contributed by atoms with Gasteiger partial charge in [0.25, 0.3) is 0 Å². The van der Waals surface area contributed by atoms with Gasteiger partial charge in [-0.15, -0.1) is 0 Å². The molecule has 3 atom stereocenters. The van der Waals surface area contributed by atoms with Crippen LogP contribution in [0.2, 0.25) is 0 Å². The van der Waals surface area contributed by atoms with E-state index in [1.54, 1.807) is 0 Å². The van der Waals surface area contributed by atoms with E-state index in [1.165, 1.54) is 0 Å². The quantitative estimate of drug-likeness (QED) is 0.762. The van der Waals surface area contributed by atoms with Crippen molar-refractivity contribution in [2.75, 3.05) is 39.5 Å². The molecular formula is C12H24N2O2. The highest BCUT2D eigenvalue weighted by Crippen LogP contribution is 2.17. The molecular weight excluding hydrogens is 204 g/mol. The van der Waals surface area contributed by atoms with Crippen molar-refractivity contribution in [1.82, 2.24) is 4.90 Å². The molecule has 2 heterocycles. The predicted octanol–water partition coefficient (Wildman–Crippen LogP) is 0.461. The summed E-state index contributed by atoms with van der Waals surface area (Å²) in [5, 5.41) is 0. The molecule has 0 aromatic rings. The third-order valence-electron chi connectivity index (χ3n) is 3.58. The zero-order valence-electron chi connectivity index (χ0n) is 10.2. The molecule has 0 aromatic carbocycles. The highest BCUT2D eigenvalue weighted by Gasteiger charge is 2.25. The number of rotatable bonds is 3. The minimum Gasteiger partial charge on any atom is -0.381 e. The van der Waals surface area contributed by atoms with Crippen LogP contribution < -0.4 is 5.73 Å². The van der Waals surface area contributed by atoms with Crippen molar-refractivity contribution >= 4 is 0 Å². The third-order valence-corrected chi connectivity index (χ3v) is 3.58. The van der Waals surface area contributed by atoms with Crippen LogP contribution >= 0.6 is 0 Å². The summed E-state index contributed by atoms with van der Waals surface area (Å²) >= 11 is 0. The number of hydrogen-bond donors (Lipinski definition) is 1. The fourth-order valence-corrected chi connectivity index (χ4v) is 2.58. The van der Waals surface area contributed by atoms with Gasteiger partial charge in [-0.3, -0.25) is 4.90 Å². The molecule has 4 heteroatoms. The van der Waals surface area contributed by atoms with Crippen molar-refractivity contribution in [1.29, 1.82) is 0 Å². The average molecular weight is 228 g/mol. The van der Waals surface area contributed by atoms with Crippen molar-refractivity contribution in [3.05, 3.63) is 0 Å². The Morgan fingerprint density at radius 2 is 2.31 bits per heavy atom. The number of hydrogen-bond acceptors (Lipinski definition) is 4. The van der Waals surface area contributed by atoms with Crippen molar-refractivity contribution in [2.45, 2.75) is 31.9 Å². The predicted molar refractivity (Wildman–Crippen MR) is 63.4 cm³/mol. The van der Waals surface area contributed by atoms with E-state index in [4.69, 9.17) is 15.2 Å². The van der Waals surface area contributed by atoms with Gasteiger partial charge in [-0.2, -0.15) is 0 Å². The fraction of sp³-hybridized carbons (Fsp3) is 1.00. The van der Waals surface area contributed by atoms with E-state index >= 15 is 0 Å². The maximum atomic E-state index is 6.24. The lowest BCUT2D eigenvalue weighted by molar-refractivity contribution is 0.0658. The van der Waals surface area contributed by atoms with Crippen molar-refractivity contribution in [3.8, 4) is 0 Å². The van der Waals surface area contributed by atoms with Crippen LogP contribution in [0.4, 0.5) is 0 Å². The van der Waals surface area contributed by atoms with E-state index < -0.39 is 0 Å². The first kappa shape index (κ1) is 12.3. The standard InChI is InChI=1S/C12H24N2O2/c1-10-7-14(4-2-5-16-10)8-12(13)11-3-6-15-9-11/h10-12H,2-9,13H2,1H3. The molecule has 0 bridgehead atoms. The van der Waals surface area contributed by atoms with Crippen LogP contribution in [0.25, 0.3) is 0 Å². The molecule has 2 aliphatic heterocycles. The molecule has 2 saturated heterocycles. The summed E-state index contributed by atoms with van der Waals surface area (Å²) in [6, 6.07) is 0.257. The summed E-state index contributed by atoms with van der Waals surface area (Å²) in [4.78, 5) is 2.45. The van der Waals surface area contributed by atoms with Crippen LogP contribution in [0.5, 0.6) is 0 Å². The summed E-state index contributed by atoms with van der Waals surface area (Å²) in [5.74, 6) is 0.555. The molecule has 2 N–H and O–H groups in total. The second kappa shape index (κ2) is 5.96. The fourth-order valence-electron chi connectivity index (χ4n) is 2.58. The van der Waals surface area contributed by atoms with Gasteiger partial charge in [0.15, 0.2) is 0 Å². The summed E-state index contributed by atoms with van der Waals surface area (Å²) < 4.78 is 11.0. The molecule has 4 nitrogen and oxygen atoms in total. The molecule has 16 heavy (non-hydrogen) atoms. The molecule has 0 aromatic heterocycles.